The number of rotatable bonds is 5. The predicted molar refractivity (Wildman–Crippen MR) is 89.9 cm³/mol. The van der Waals surface area contributed by atoms with Crippen molar-refractivity contribution in [1.82, 2.24) is 10.3 Å². The lowest BCUT2D eigenvalue weighted by molar-refractivity contribution is -0.144. The van der Waals surface area contributed by atoms with E-state index in [4.69, 9.17) is 0 Å². The zero-order chi connectivity index (χ0) is 16.3. The van der Waals surface area contributed by atoms with Gasteiger partial charge in [-0.2, -0.15) is 11.8 Å². The molecular weight excluding hydrogens is 314 g/mol. The summed E-state index contributed by atoms with van der Waals surface area (Å²) in [6, 6.07) is 3.75. The standard InChI is InChI=1S/C16H21N3O3S/c20-14(19-16(15(21)22)5-8-23-9-6-16)11-4-7-17-13(10-11)18-12-2-1-3-12/h4,7,10,12H,1-3,5-6,8-9H2,(H,17,18)(H,19,20)(H,21,22). The number of anilines is 1. The fourth-order valence-corrected chi connectivity index (χ4v) is 4.00. The van der Waals surface area contributed by atoms with Gasteiger partial charge in [0.05, 0.1) is 0 Å². The van der Waals surface area contributed by atoms with Crippen molar-refractivity contribution in [2.45, 2.75) is 43.7 Å². The number of carbonyl (C=O) groups is 2. The first kappa shape index (κ1) is 16.1. The van der Waals surface area contributed by atoms with Gasteiger partial charge in [-0.3, -0.25) is 4.79 Å². The summed E-state index contributed by atoms with van der Waals surface area (Å²) in [4.78, 5) is 28.4. The number of thioether (sulfide) groups is 1. The molecule has 0 radical (unpaired) electrons. The average molecular weight is 335 g/mol. The number of nitrogens with zero attached hydrogens (tertiary/aromatic N) is 1. The van der Waals surface area contributed by atoms with Crippen LogP contribution < -0.4 is 10.6 Å². The van der Waals surface area contributed by atoms with Gasteiger partial charge in [0.15, 0.2) is 0 Å². The molecule has 3 rings (SSSR count). The summed E-state index contributed by atoms with van der Waals surface area (Å²) in [5, 5.41) is 15.6. The first-order chi connectivity index (χ1) is 11.1. The highest BCUT2D eigenvalue weighted by Crippen LogP contribution is 2.28. The number of amides is 1. The SMILES string of the molecule is O=C(NC1(C(=O)O)CCSCC1)c1ccnc(NC2CCC2)c1. The fourth-order valence-electron chi connectivity index (χ4n) is 2.81. The van der Waals surface area contributed by atoms with Gasteiger partial charge >= 0.3 is 5.97 Å². The molecule has 1 saturated heterocycles. The van der Waals surface area contributed by atoms with Crippen molar-refractivity contribution >= 4 is 29.5 Å². The molecule has 1 saturated carbocycles. The molecular formula is C16H21N3O3S. The second kappa shape index (κ2) is 6.78. The Morgan fingerprint density at radius 3 is 2.65 bits per heavy atom. The van der Waals surface area contributed by atoms with Crippen LogP contribution in [0.1, 0.15) is 42.5 Å². The normalized spacial score (nSPS) is 20.3. The second-order valence-corrected chi connectivity index (χ2v) is 7.38. The van der Waals surface area contributed by atoms with E-state index in [0.29, 0.717) is 30.3 Å². The third kappa shape index (κ3) is 3.60. The first-order valence-electron chi connectivity index (χ1n) is 7.95. The van der Waals surface area contributed by atoms with Gasteiger partial charge in [0.25, 0.3) is 5.91 Å². The molecule has 1 aliphatic carbocycles. The van der Waals surface area contributed by atoms with E-state index < -0.39 is 11.5 Å². The molecule has 124 valence electrons. The molecule has 23 heavy (non-hydrogen) atoms. The molecule has 6 nitrogen and oxygen atoms in total. The number of hydrogen-bond acceptors (Lipinski definition) is 5. The average Bonchev–Trinajstić information content (AvgIpc) is 2.52. The van der Waals surface area contributed by atoms with Gasteiger partial charge < -0.3 is 15.7 Å². The van der Waals surface area contributed by atoms with Crippen LogP contribution >= 0.6 is 11.8 Å². The predicted octanol–water partition coefficient (Wildman–Crippen LogP) is 2.13. The summed E-state index contributed by atoms with van der Waals surface area (Å²) >= 11 is 1.72. The maximum Gasteiger partial charge on any atom is 0.329 e. The molecule has 1 aliphatic heterocycles. The molecule has 1 aromatic rings. The molecule has 0 atom stereocenters. The highest BCUT2D eigenvalue weighted by atomic mass is 32.2. The van der Waals surface area contributed by atoms with Crippen molar-refractivity contribution in [1.29, 1.82) is 0 Å². The molecule has 0 aromatic carbocycles. The number of carboxylic acids is 1. The van der Waals surface area contributed by atoms with Crippen molar-refractivity contribution in [2.75, 3.05) is 16.8 Å². The molecule has 1 amide bonds. The fraction of sp³-hybridized carbons (Fsp3) is 0.562. The number of nitrogens with one attached hydrogen (secondary N) is 2. The Kier molecular flexibility index (Phi) is 4.75. The van der Waals surface area contributed by atoms with E-state index >= 15 is 0 Å². The molecule has 1 aromatic heterocycles. The van der Waals surface area contributed by atoms with Gasteiger partial charge in [-0.1, -0.05) is 0 Å². The molecule has 0 spiro atoms. The van der Waals surface area contributed by atoms with Crippen LogP contribution in [0.2, 0.25) is 0 Å². The highest BCUT2D eigenvalue weighted by Gasteiger charge is 2.41. The van der Waals surface area contributed by atoms with Crippen LogP contribution in [0.25, 0.3) is 0 Å². The first-order valence-corrected chi connectivity index (χ1v) is 9.11. The topological polar surface area (TPSA) is 91.3 Å². The molecule has 2 heterocycles. The van der Waals surface area contributed by atoms with Crippen LogP contribution in [0.4, 0.5) is 5.82 Å². The van der Waals surface area contributed by atoms with E-state index in [0.717, 1.165) is 24.3 Å². The molecule has 3 N–H and O–H groups in total. The second-order valence-electron chi connectivity index (χ2n) is 6.16. The lowest BCUT2D eigenvalue weighted by Crippen LogP contribution is -2.56. The van der Waals surface area contributed by atoms with Gasteiger partial charge in [0.2, 0.25) is 0 Å². The van der Waals surface area contributed by atoms with Gasteiger partial charge in [-0.25, -0.2) is 9.78 Å². The lowest BCUT2D eigenvalue weighted by atomic mass is 9.91. The smallest absolute Gasteiger partial charge is 0.329 e. The summed E-state index contributed by atoms with van der Waals surface area (Å²) in [6.45, 7) is 0. The zero-order valence-electron chi connectivity index (χ0n) is 12.9. The van der Waals surface area contributed by atoms with Crippen molar-refractivity contribution in [3.63, 3.8) is 0 Å². The van der Waals surface area contributed by atoms with Gasteiger partial charge in [-0.05, 0) is 55.7 Å². The molecule has 7 heteroatoms. The monoisotopic (exact) mass is 335 g/mol. The van der Waals surface area contributed by atoms with Gasteiger partial charge in [0, 0.05) is 17.8 Å². The summed E-state index contributed by atoms with van der Waals surface area (Å²) in [5.74, 6) is 0.867. The van der Waals surface area contributed by atoms with E-state index in [1.807, 2.05) is 0 Å². The third-order valence-corrected chi connectivity index (χ3v) is 5.57. The lowest BCUT2D eigenvalue weighted by Gasteiger charge is -2.33. The maximum atomic E-state index is 12.5. The zero-order valence-corrected chi connectivity index (χ0v) is 13.7. The minimum Gasteiger partial charge on any atom is -0.480 e. The molecule has 2 fully saturated rings. The number of pyridine rings is 1. The Balaban J connectivity index is 1.71. The maximum absolute atomic E-state index is 12.5. The number of carbonyl (C=O) groups excluding carboxylic acids is 1. The van der Waals surface area contributed by atoms with E-state index in [-0.39, 0.29) is 5.91 Å². The minimum atomic E-state index is -1.15. The van der Waals surface area contributed by atoms with Crippen LogP contribution in [0, 0.1) is 0 Å². The third-order valence-electron chi connectivity index (χ3n) is 4.59. The van der Waals surface area contributed by atoms with E-state index in [9.17, 15) is 14.7 Å². The Hall–Kier alpha value is -1.76. The van der Waals surface area contributed by atoms with Crippen LogP contribution in [-0.2, 0) is 4.79 Å². The van der Waals surface area contributed by atoms with E-state index in [1.54, 1.807) is 30.1 Å². The Morgan fingerprint density at radius 1 is 1.30 bits per heavy atom. The summed E-state index contributed by atoms with van der Waals surface area (Å²) in [7, 11) is 0. The van der Waals surface area contributed by atoms with Crippen molar-refractivity contribution in [3.8, 4) is 0 Å². The molecule has 0 bridgehead atoms. The van der Waals surface area contributed by atoms with Crippen LogP contribution in [0.15, 0.2) is 18.3 Å². The Morgan fingerprint density at radius 2 is 2.04 bits per heavy atom. The van der Waals surface area contributed by atoms with Gasteiger partial charge in [-0.15, -0.1) is 0 Å². The summed E-state index contributed by atoms with van der Waals surface area (Å²) in [5.41, 5.74) is -0.701. The highest BCUT2D eigenvalue weighted by molar-refractivity contribution is 7.99. The van der Waals surface area contributed by atoms with Crippen molar-refractivity contribution in [2.24, 2.45) is 0 Å². The number of carboxylic acid groups (broad SMARTS) is 1. The minimum absolute atomic E-state index is 0.349. The largest absolute Gasteiger partial charge is 0.480 e. The summed E-state index contributed by atoms with van der Waals surface area (Å²) < 4.78 is 0. The molecule has 0 unspecified atom stereocenters. The number of hydrogen-bond donors (Lipinski definition) is 3. The number of aromatic nitrogens is 1. The van der Waals surface area contributed by atoms with E-state index in [2.05, 4.69) is 15.6 Å². The quantitative estimate of drug-likeness (QED) is 0.763. The van der Waals surface area contributed by atoms with Gasteiger partial charge in [0.1, 0.15) is 11.4 Å². The van der Waals surface area contributed by atoms with Crippen LogP contribution in [0.5, 0.6) is 0 Å². The summed E-state index contributed by atoms with van der Waals surface area (Å²) in [6.07, 6.45) is 5.96. The van der Waals surface area contributed by atoms with Crippen molar-refractivity contribution in [3.05, 3.63) is 23.9 Å². The van der Waals surface area contributed by atoms with Crippen LogP contribution in [0.3, 0.4) is 0 Å². The molecule has 2 aliphatic rings. The number of aliphatic carboxylic acids is 1. The van der Waals surface area contributed by atoms with E-state index in [1.165, 1.54) is 6.42 Å². The Labute approximate surface area is 139 Å². The Bertz CT molecular complexity index is 598. The van der Waals surface area contributed by atoms with Crippen molar-refractivity contribution < 1.29 is 14.7 Å². The van der Waals surface area contributed by atoms with Crippen LogP contribution in [-0.4, -0.2) is 45.1 Å².